The molecule has 4 amide bonds. The molecule has 8 rings (SSSR count). The number of nitrogens with zero attached hydrogens (tertiary/aromatic N) is 2. The molecule has 2 aliphatic heterocycles. The Bertz CT molecular complexity index is 1290. The van der Waals surface area contributed by atoms with Gasteiger partial charge in [0.25, 0.3) is 0 Å². The van der Waals surface area contributed by atoms with Crippen molar-refractivity contribution in [2.24, 2.45) is 47.3 Å². The number of carbonyl (C=O) groups is 4. The van der Waals surface area contributed by atoms with E-state index in [2.05, 4.69) is 0 Å². The molecular weight excluding hydrogens is 436 g/mol. The Kier molecular flexibility index (Phi) is 3.64. The van der Waals surface area contributed by atoms with Crippen LogP contribution in [0.2, 0.25) is 0 Å². The minimum Gasteiger partial charge on any atom is -0.506 e. The maximum Gasteiger partial charge on any atom is 0.238 e. The van der Waals surface area contributed by atoms with Crippen LogP contribution in [0, 0.1) is 47.3 Å². The second-order valence-corrected chi connectivity index (χ2v) is 9.80. The minimum absolute atomic E-state index is 0.143. The number of rotatable bonds is 2. The Balaban J connectivity index is 1.27. The van der Waals surface area contributed by atoms with Gasteiger partial charge in [0.1, 0.15) is 11.5 Å². The fourth-order valence-corrected chi connectivity index (χ4v) is 7.38. The number of phenolic OH excluding ortho intramolecular Hbond substituents is 2. The molecule has 4 fully saturated rings. The summed E-state index contributed by atoms with van der Waals surface area (Å²) in [6.07, 6.45) is 3.87. The van der Waals surface area contributed by atoms with E-state index in [1.165, 1.54) is 12.1 Å². The van der Waals surface area contributed by atoms with Crippen molar-refractivity contribution in [1.29, 1.82) is 0 Å². The largest absolute Gasteiger partial charge is 0.506 e. The molecule has 0 aromatic heterocycles. The van der Waals surface area contributed by atoms with Crippen LogP contribution in [0.25, 0.3) is 0 Å². The molecule has 0 unspecified atom stereocenters. The highest BCUT2D eigenvalue weighted by molar-refractivity contribution is 6.25. The van der Waals surface area contributed by atoms with Gasteiger partial charge in [-0.05, 0) is 47.9 Å². The van der Waals surface area contributed by atoms with Gasteiger partial charge >= 0.3 is 0 Å². The molecule has 34 heavy (non-hydrogen) atoms. The topological polar surface area (TPSA) is 115 Å². The lowest BCUT2D eigenvalue weighted by molar-refractivity contribution is -0.166. The van der Waals surface area contributed by atoms with Crippen molar-refractivity contribution in [3.8, 4) is 11.5 Å². The van der Waals surface area contributed by atoms with Gasteiger partial charge in [0, 0.05) is 0 Å². The fourth-order valence-electron chi connectivity index (χ4n) is 7.38. The number of allylic oxidation sites excluding steroid dienone is 2. The van der Waals surface area contributed by atoms with Crippen LogP contribution in [-0.2, 0) is 19.2 Å². The van der Waals surface area contributed by atoms with Crippen molar-refractivity contribution >= 4 is 35.0 Å². The zero-order chi connectivity index (χ0) is 23.5. The second-order valence-electron chi connectivity index (χ2n) is 9.80. The third-order valence-electron chi connectivity index (χ3n) is 8.59. The molecule has 0 radical (unpaired) electrons. The van der Waals surface area contributed by atoms with Crippen molar-refractivity contribution in [2.75, 3.05) is 9.80 Å². The normalized spacial score (nSPS) is 37.1. The summed E-state index contributed by atoms with van der Waals surface area (Å²) in [6, 6.07) is 12.5. The van der Waals surface area contributed by atoms with Crippen LogP contribution in [-0.4, -0.2) is 33.8 Å². The predicted octanol–water partition coefficient (Wildman–Crippen LogP) is 2.07. The monoisotopic (exact) mass is 456 g/mol. The van der Waals surface area contributed by atoms with Crippen molar-refractivity contribution in [3.05, 3.63) is 60.7 Å². The highest BCUT2D eigenvalue weighted by Crippen LogP contribution is 2.68. The highest BCUT2D eigenvalue weighted by Gasteiger charge is 2.75. The van der Waals surface area contributed by atoms with Gasteiger partial charge in [-0.2, -0.15) is 0 Å². The highest BCUT2D eigenvalue weighted by atomic mass is 16.3. The number of hydrogen-bond donors (Lipinski definition) is 2. The van der Waals surface area contributed by atoms with Gasteiger partial charge in [-0.3, -0.25) is 19.2 Å². The van der Waals surface area contributed by atoms with Crippen LogP contribution in [0.1, 0.15) is 0 Å². The van der Waals surface area contributed by atoms with Gasteiger partial charge < -0.3 is 10.2 Å². The Morgan fingerprint density at radius 3 is 1.26 bits per heavy atom. The molecule has 2 aromatic rings. The summed E-state index contributed by atoms with van der Waals surface area (Å²) in [7, 11) is 0. The Morgan fingerprint density at radius 2 is 0.882 bits per heavy atom. The van der Waals surface area contributed by atoms with Crippen LogP contribution in [0.5, 0.6) is 11.5 Å². The Hall–Kier alpha value is -3.94. The minimum atomic E-state index is -0.619. The van der Waals surface area contributed by atoms with Gasteiger partial charge in [-0.1, -0.05) is 36.4 Å². The summed E-state index contributed by atoms with van der Waals surface area (Å²) in [5, 5.41) is 20.5. The predicted molar refractivity (Wildman–Crippen MR) is 118 cm³/mol. The average molecular weight is 456 g/mol. The van der Waals surface area contributed by atoms with Crippen molar-refractivity contribution in [2.45, 2.75) is 0 Å². The SMILES string of the molecule is O=C1[C@@H]2[C@H]3C=C[C@@H]([C@@H]2C(=O)N1c1ccccc1O)[C@H]1[C@H]2C(=O)N(c4ccccc4O)C(=O)[C@@H]2[C@H]31. The van der Waals surface area contributed by atoms with Crippen molar-refractivity contribution < 1.29 is 29.4 Å². The number of para-hydroxylation sites is 4. The summed E-state index contributed by atoms with van der Waals surface area (Å²) < 4.78 is 0. The number of fused-ring (bicyclic) bond motifs is 1. The zero-order valence-corrected chi connectivity index (χ0v) is 17.8. The summed E-state index contributed by atoms with van der Waals surface area (Å²) in [5.41, 5.74) is 0.332. The summed E-state index contributed by atoms with van der Waals surface area (Å²) in [6.45, 7) is 0. The molecule has 170 valence electrons. The van der Waals surface area contributed by atoms with E-state index in [1.807, 2.05) is 12.2 Å². The number of carbonyl (C=O) groups excluding carboxylic acids is 4. The van der Waals surface area contributed by atoms with E-state index in [-0.39, 0.29) is 70.2 Å². The Labute approximate surface area is 194 Å². The Morgan fingerprint density at radius 1 is 0.529 bits per heavy atom. The van der Waals surface area contributed by atoms with E-state index in [0.29, 0.717) is 0 Å². The molecule has 2 saturated heterocycles. The number of aromatic hydroxyl groups is 2. The maximum absolute atomic E-state index is 13.5. The molecule has 4 aliphatic carbocycles. The van der Waals surface area contributed by atoms with Crippen LogP contribution < -0.4 is 9.80 Å². The van der Waals surface area contributed by atoms with E-state index in [1.54, 1.807) is 36.4 Å². The first-order chi connectivity index (χ1) is 16.4. The van der Waals surface area contributed by atoms with Gasteiger partial charge in [-0.25, -0.2) is 9.80 Å². The van der Waals surface area contributed by atoms with Crippen molar-refractivity contribution in [1.82, 2.24) is 0 Å². The summed E-state index contributed by atoms with van der Waals surface area (Å²) in [5.74, 6) is -5.23. The first-order valence-corrected chi connectivity index (χ1v) is 11.4. The molecule has 8 heteroatoms. The van der Waals surface area contributed by atoms with E-state index < -0.39 is 23.7 Å². The molecule has 2 heterocycles. The number of hydrogen-bond acceptors (Lipinski definition) is 6. The first-order valence-electron chi connectivity index (χ1n) is 11.4. The lowest BCUT2D eigenvalue weighted by atomic mass is 9.40. The number of anilines is 2. The first kappa shape index (κ1) is 19.5. The maximum atomic E-state index is 13.5. The van der Waals surface area contributed by atoms with Gasteiger partial charge in [-0.15, -0.1) is 0 Å². The zero-order valence-electron chi connectivity index (χ0n) is 17.8. The second kappa shape index (κ2) is 6.34. The fraction of sp³-hybridized carbons (Fsp3) is 0.308. The van der Waals surface area contributed by atoms with Crippen LogP contribution in [0.15, 0.2) is 60.7 Å². The third-order valence-corrected chi connectivity index (χ3v) is 8.59. The lowest BCUT2D eigenvalue weighted by Gasteiger charge is -2.60. The number of phenols is 2. The standard InChI is InChI=1S/C26H20N2O6/c29-15-7-3-1-5-13(15)27-23(31)19-11-9-10-12(20(19)24(27)32)18-17(11)21-22(18)26(34)28(25(21)33)14-6-2-4-8-16(14)30/h1-12,17-22,29-30H/t11-,12+,17-,18-,19+,20-,21-,22-/m1/s1. The number of benzene rings is 2. The molecule has 2 N–H and O–H groups in total. The van der Waals surface area contributed by atoms with Crippen LogP contribution in [0.3, 0.4) is 0 Å². The van der Waals surface area contributed by atoms with E-state index >= 15 is 0 Å². The summed E-state index contributed by atoms with van der Waals surface area (Å²) >= 11 is 0. The molecule has 8 atom stereocenters. The van der Waals surface area contributed by atoms with Crippen LogP contribution >= 0.6 is 0 Å². The molecule has 0 spiro atoms. The van der Waals surface area contributed by atoms with Crippen molar-refractivity contribution in [3.63, 3.8) is 0 Å². The molecule has 6 aliphatic rings. The summed E-state index contributed by atoms with van der Waals surface area (Å²) in [4.78, 5) is 56.0. The number of amides is 4. The van der Waals surface area contributed by atoms with E-state index in [9.17, 15) is 29.4 Å². The van der Waals surface area contributed by atoms with Gasteiger partial charge in [0.2, 0.25) is 23.6 Å². The smallest absolute Gasteiger partial charge is 0.238 e. The van der Waals surface area contributed by atoms with Gasteiger partial charge in [0.05, 0.1) is 35.0 Å². The molecular formula is C26H20N2O6. The molecule has 2 saturated carbocycles. The molecule has 2 aromatic carbocycles. The van der Waals surface area contributed by atoms with E-state index in [4.69, 9.17) is 0 Å². The molecule has 2 bridgehead atoms. The third kappa shape index (κ3) is 2.09. The number of imide groups is 2. The van der Waals surface area contributed by atoms with Gasteiger partial charge in [0.15, 0.2) is 0 Å². The average Bonchev–Trinajstić information content (AvgIpc) is 3.19. The molecule has 8 nitrogen and oxygen atoms in total. The van der Waals surface area contributed by atoms with Crippen LogP contribution in [0.4, 0.5) is 11.4 Å². The quantitative estimate of drug-likeness (QED) is 0.528. The lowest BCUT2D eigenvalue weighted by Crippen LogP contribution is -2.63. The van der Waals surface area contributed by atoms with E-state index in [0.717, 1.165) is 9.80 Å².